The Morgan fingerprint density at radius 3 is 1.95 bits per heavy atom. The van der Waals surface area contributed by atoms with E-state index < -0.39 is 0 Å². The van der Waals surface area contributed by atoms with Crippen LogP contribution in [0.4, 0.5) is 5.69 Å². The van der Waals surface area contributed by atoms with Crippen molar-refractivity contribution in [3.8, 4) is 0 Å². The highest BCUT2D eigenvalue weighted by molar-refractivity contribution is 5.49. The summed E-state index contributed by atoms with van der Waals surface area (Å²) in [4.78, 5) is 2.66. The van der Waals surface area contributed by atoms with Crippen LogP contribution in [-0.4, -0.2) is 12.6 Å². The fraction of sp³-hybridized carbons (Fsp3) is 0.429. The van der Waals surface area contributed by atoms with E-state index in [2.05, 4.69) is 73.3 Å². The van der Waals surface area contributed by atoms with E-state index in [9.17, 15) is 0 Å². The van der Waals surface area contributed by atoms with Crippen LogP contribution in [0.25, 0.3) is 0 Å². The molecule has 3 rings (SSSR count). The van der Waals surface area contributed by atoms with E-state index >= 15 is 0 Å². The van der Waals surface area contributed by atoms with Crippen molar-refractivity contribution >= 4 is 5.69 Å². The molecule has 0 bridgehead atoms. The number of rotatable bonds is 6. The zero-order valence-electron chi connectivity index (χ0n) is 13.8. The van der Waals surface area contributed by atoms with Gasteiger partial charge in [-0.1, -0.05) is 69.2 Å². The summed E-state index contributed by atoms with van der Waals surface area (Å²) in [5.74, 6) is 0.781. The Balaban J connectivity index is 1.84. The van der Waals surface area contributed by atoms with Gasteiger partial charge in [-0.3, -0.25) is 0 Å². The van der Waals surface area contributed by atoms with E-state index in [1.54, 1.807) is 0 Å². The molecule has 0 N–H and O–H groups in total. The van der Waals surface area contributed by atoms with Gasteiger partial charge >= 0.3 is 0 Å². The van der Waals surface area contributed by atoms with Gasteiger partial charge in [-0.2, -0.15) is 0 Å². The van der Waals surface area contributed by atoms with Crippen LogP contribution >= 0.6 is 0 Å². The molecular weight excluding hydrogens is 266 g/mol. The minimum atomic E-state index is 0.611. The fourth-order valence-electron chi connectivity index (χ4n) is 3.67. The topological polar surface area (TPSA) is 3.24 Å². The summed E-state index contributed by atoms with van der Waals surface area (Å²) >= 11 is 0. The summed E-state index contributed by atoms with van der Waals surface area (Å²) in [5.41, 5.74) is 4.46. The first-order valence-corrected chi connectivity index (χ1v) is 8.70. The maximum absolute atomic E-state index is 2.66. The highest BCUT2D eigenvalue weighted by Gasteiger charge is 2.27. The molecule has 0 spiro atoms. The van der Waals surface area contributed by atoms with Gasteiger partial charge in [-0.25, -0.2) is 0 Å². The van der Waals surface area contributed by atoms with Gasteiger partial charge in [0.2, 0.25) is 0 Å². The van der Waals surface area contributed by atoms with Crippen LogP contribution < -0.4 is 4.90 Å². The monoisotopic (exact) mass is 293 g/mol. The van der Waals surface area contributed by atoms with Crippen molar-refractivity contribution in [2.45, 2.75) is 45.6 Å². The number of benzene rings is 2. The molecule has 0 saturated carbocycles. The van der Waals surface area contributed by atoms with Gasteiger partial charge < -0.3 is 4.90 Å². The molecule has 0 fully saturated rings. The van der Waals surface area contributed by atoms with Crippen molar-refractivity contribution in [2.75, 3.05) is 11.4 Å². The van der Waals surface area contributed by atoms with Gasteiger partial charge in [0, 0.05) is 18.3 Å². The maximum atomic E-state index is 2.66. The van der Waals surface area contributed by atoms with E-state index in [0.717, 1.165) is 5.92 Å². The lowest BCUT2D eigenvalue weighted by molar-refractivity contribution is 0.456. The summed E-state index contributed by atoms with van der Waals surface area (Å²) in [7, 11) is 0. The molecule has 1 aliphatic carbocycles. The number of nitrogens with zero attached hydrogens (tertiary/aromatic N) is 1. The first-order valence-electron chi connectivity index (χ1n) is 8.70. The number of hydrogen-bond donors (Lipinski definition) is 0. The second kappa shape index (κ2) is 7.00. The van der Waals surface area contributed by atoms with E-state index in [4.69, 9.17) is 0 Å². The van der Waals surface area contributed by atoms with Crippen molar-refractivity contribution in [1.29, 1.82) is 0 Å². The Bertz CT molecular complexity index is 561. The molecule has 116 valence electrons. The molecule has 1 heteroatoms. The lowest BCUT2D eigenvalue weighted by atomic mass is 10.0. The van der Waals surface area contributed by atoms with Crippen LogP contribution in [0.3, 0.4) is 0 Å². The third-order valence-electron chi connectivity index (χ3n) is 5.17. The van der Waals surface area contributed by atoms with Gasteiger partial charge in [0.15, 0.2) is 0 Å². The van der Waals surface area contributed by atoms with Crippen molar-refractivity contribution in [1.82, 2.24) is 0 Å². The molecule has 1 aliphatic rings. The van der Waals surface area contributed by atoms with E-state index in [1.807, 2.05) is 0 Å². The van der Waals surface area contributed by atoms with Gasteiger partial charge in [0.1, 0.15) is 0 Å². The third-order valence-corrected chi connectivity index (χ3v) is 5.17. The number of para-hydroxylation sites is 1. The van der Waals surface area contributed by atoms with Gasteiger partial charge in [0.25, 0.3) is 0 Å². The summed E-state index contributed by atoms with van der Waals surface area (Å²) in [6.07, 6.45) is 4.90. The largest absolute Gasteiger partial charge is 0.368 e. The maximum Gasteiger partial charge on any atom is 0.0370 e. The SMILES string of the molecule is CCC(CC)CN(c1ccccc1)C1Cc2ccccc2C1. The molecule has 1 nitrogen and oxygen atoms in total. The molecule has 0 aliphatic heterocycles. The fourth-order valence-corrected chi connectivity index (χ4v) is 3.67. The van der Waals surface area contributed by atoms with Gasteiger partial charge in [-0.15, -0.1) is 0 Å². The summed E-state index contributed by atoms with van der Waals surface area (Å²) in [6, 6.07) is 20.5. The van der Waals surface area contributed by atoms with Crippen molar-refractivity contribution < 1.29 is 0 Å². The zero-order chi connectivity index (χ0) is 15.4. The predicted octanol–water partition coefficient (Wildman–Crippen LogP) is 5.10. The molecule has 2 aromatic carbocycles. The Morgan fingerprint density at radius 1 is 0.864 bits per heavy atom. The van der Waals surface area contributed by atoms with Crippen LogP contribution in [0.15, 0.2) is 54.6 Å². The molecular formula is C21H27N. The Labute approximate surface area is 135 Å². The highest BCUT2D eigenvalue weighted by atomic mass is 15.2. The van der Waals surface area contributed by atoms with Crippen LogP contribution in [0, 0.1) is 5.92 Å². The molecule has 0 atom stereocenters. The molecule has 0 unspecified atom stereocenters. The van der Waals surface area contributed by atoms with Gasteiger partial charge in [0.05, 0.1) is 0 Å². The minimum absolute atomic E-state index is 0.611. The Morgan fingerprint density at radius 2 is 1.41 bits per heavy atom. The zero-order valence-corrected chi connectivity index (χ0v) is 13.8. The lowest BCUT2D eigenvalue weighted by Gasteiger charge is -2.34. The third kappa shape index (κ3) is 3.19. The average molecular weight is 293 g/mol. The van der Waals surface area contributed by atoms with E-state index in [0.29, 0.717) is 6.04 Å². The van der Waals surface area contributed by atoms with E-state index in [-0.39, 0.29) is 0 Å². The smallest absolute Gasteiger partial charge is 0.0370 e. The highest BCUT2D eigenvalue weighted by Crippen LogP contribution is 2.30. The second-order valence-corrected chi connectivity index (χ2v) is 6.50. The van der Waals surface area contributed by atoms with Crippen LogP contribution in [0.5, 0.6) is 0 Å². The molecule has 0 aromatic heterocycles. The standard InChI is InChI=1S/C21H27N/c1-3-17(4-2)16-22(20-12-6-5-7-13-20)21-14-18-10-8-9-11-19(18)15-21/h5-13,17,21H,3-4,14-16H2,1-2H3. The minimum Gasteiger partial charge on any atom is -0.368 e. The number of anilines is 1. The molecule has 0 radical (unpaired) electrons. The van der Waals surface area contributed by atoms with Gasteiger partial charge in [-0.05, 0) is 42.0 Å². The lowest BCUT2D eigenvalue weighted by Crippen LogP contribution is -2.39. The average Bonchev–Trinajstić information content (AvgIpc) is 3.00. The van der Waals surface area contributed by atoms with Crippen LogP contribution in [0.2, 0.25) is 0 Å². The molecule has 0 amide bonds. The van der Waals surface area contributed by atoms with Crippen molar-refractivity contribution in [3.05, 3.63) is 65.7 Å². The Kier molecular flexibility index (Phi) is 4.82. The Hall–Kier alpha value is -1.76. The molecule has 2 aromatic rings. The summed E-state index contributed by atoms with van der Waals surface area (Å²) < 4.78 is 0. The second-order valence-electron chi connectivity index (χ2n) is 6.50. The van der Waals surface area contributed by atoms with Crippen LogP contribution in [0.1, 0.15) is 37.8 Å². The summed E-state index contributed by atoms with van der Waals surface area (Å²) in [5, 5.41) is 0. The normalized spacial score (nSPS) is 14.3. The first-order chi connectivity index (χ1) is 10.8. The molecule has 0 saturated heterocycles. The van der Waals surface area contributed by atoms with Crippen molar-refractivity contribution in [3.63, 3.8) is 0 Å². The molecule has 22 heavy (non-hydrogen) atoms. The van der Waals surface area contributed by atoms with Crippen LogP contribution in [-0.2, 0) is 12.8 Å². The van der Waals surface area contributed by atoms with E-state index in [1.165, 1.54) is 49.0 Å². The quantitative estimate of drug-likeness (QED) is 0.716. The number of hydrogen-bond acceptors (Lipinski definition) is 1. The summed E-state index contributed by atoms with van der Waals surface area (Å²) in [6.45, 7) is 5.82. The first kappa shape index (κ1) is 15.1. The molecule has 0 heterocycles. The predicted molar refractivity (Wildman–Crippen MR) is 95.5 cm³/mol. The number of fused-ring (bicyclic) bond motifs is 1. The van der Waals surface area contributed by atoms with Crippen molar-refractivity contribution in [2.24, 2.45) is 5.92 Å².